The number of hydrogen-bond donors (Lipinski definition) is 1. The molecule has 7 nitrogen and oxygen atoms in total. The van der Waals surface area contributed by atoms with Crippen molar-refractivity contribution in [1.29, 1.82) is 0 Å². The summed E-state index contributed by atoms with van der Waals surface area (Å²) >= 11 is 0. The molecule has 1 aromatic heterocycles. The van der Waals surface area contributed by atoms with Crippen molar-refractivity contribution >= 4 is 17.5 Å². The van der Waals surface area contributed by atoms with Crippen molar-refractivity contribution in [2.24, 2.45) is 0 Å². The summed E-state index contributed by atoms with van der Waals surface area (Å²) in [6.45, 7) is 5.76. The van der Waals surface area contributed by atoms with E-state index in [-0.39, 0.29) is 5.91 Å². The molecule has 156 valence electrons. The number of carbonyl (C=O) groups is 1. The lowest BCUT2D eigenvalue weighted by molar-refractivity contribution is -0.117. The smallest absolute Gasteiger partial charge is 0.238 e. The molecule has 0 aliphatic carbocycles. The van der Waals surface area contributed by atoms with Gasteiger partial charge in [0.15, 0.2) is 0 Å². The number of benzene rings is 2. The number of ether oxygens (including phenoxy) is 1. The van der Waals surface area contributed by atoms with Crippen LogP contribution in [0.5, 0.6) is 5.75 Å². The van der Waals surface area contributed by atoms with E-state index in [2.05, 4.69) is 55.9 Å². The summed E-state index contributed by atoms with van der Waals surface area (Å²) in [6, 6.07) is 15.8. The fourth-order valence-corrected chi connectivity index (χ4v) is 3.62. The van der Waals surface area contributed by atoms with Gasteiger partial charge in [-0.25, -0.2) is 4.98 Å². The van der Waals surface area contributed by atoms with E-state index in [0.717, 1.165) is 49.3 Å². The van der Waals surface area contributed by atoms with Gasteiger partial charge < -0.3 is 15.0 Å². The Kier molecular flexibility index (Phi) is 5.99. The van der Waals surface area contributed by atoms with Crippen LogP contribution in [0.25, 0.3) is 5.69 Å². The molecule has 1 N–H and O–H groups in total. The van der Waals surface area contributed by atoms with Crippen LogP contribution in [0, 0.1) is 6.92 Å². The first-order valence-electron chi connectivity index (χ1n) is 10.1. The predicted octanol–water partition coefficient (Wildman–Crippen LogP) is 2.95. The van der Waals surface area contributed by atoms with Crippen LogP contribution in [0.3, 0.4) is 0 Å². The maximum atomic E-state index is 12.4. The minimum atomic E-state index is -0.00484. The van der Waals surface area contributed by atoms with Gasteiger partial charge in [-0.15, -0.1) is 0 Å². The molecule has 0 bridgehead atoms. The number of piperazine rings is 1. The van der Waals surface area contributed by atoms with Crippen molar-refractivity contribution in [2.45, 2.75) is 6.92 Å². The van der Waals surface area contributed by atoms with E-state index in [1.807, 2.05) is 36.7 Å². The maximum Gasteiger partial charge on any atom is 0.238 e. The molecule has 1 amide bonds. The molecule has 1 aliphatic rings. The van der Waals surface area contributed by atoms with Crippen molar-refractivity contribution in [2.75, 3.05) is 50.1 Å². The first-order valence-corrected chi connectivity index (χ1v) is 10.1. The van der Waals surface area contributed by atoms with E-state index >= 15 is 0 Å². The van der Waals surface area contributed by atoms with Crippen molar-refractivity contribution < 1.29 is 9.53 Å². The van der Waals surface area contributed by atoms with Gasteiger partial charge in [0.05, 0.1) is 13.7 Å². The number of aromatic nitrogens is 2. The number of imidazole rings is 1. The Morgan fingerprint density at radius 1 is 1.03 bits per heavy atom. The molecule has 1 saturated heterocycles. The average molecular weight is 406 g/mol. The molecular weight excluding hydrogens is 378 g/mol. The van der Waals surface area contributed by atoms with E-state index in [1.165, 1.54) is 5.56 Å². The molecule has 2 heterocycles. The highest BCUT2D eigenvalue weighted by atomic mass is 16.5. The van der Waals surface area contributed by atoms with Crippen LogP contribution in [0.15, 0.2) is 60.9 Å². The lowest BCUT2D eigenvalue weighted by Gasteiger charge is -2.35. The van der Waals surface area contributed by atoms with Crippen LogP contribution >= 0.6 is 0 Å². The highest BCUT2D eigenvalue weighted by Gasteiger charge is 2.22. The molecule has 0 saturated carbocycles. The molecular formula is C23H27N5O2. The largest absolute Gasteiger partial charge is 0.497 e. The number of nitrogens with one attached hydrogen (secondary N) is 1. The van der Waals surface area contributed by atoms with Crippen LogP contribution in [0.4, 0.5) is 11.6 Å². The Morgan fingerprint density at radius 3 is 2.40 bits per heavy atom. The monoisotopic (exact) mass is 405 g/mol. The van der Waals surface area contributed by atoms with Crippen LogP contribution in [-0.2, 0) is 4.79 Å². The van der Waals surface area contributed by atoms with Gasteiger partial charge in [0.2, 0.25) is 11.9 Å². The number of amides is 1. The summed E-state index contributed by atoms with van der Waals surface area (Å²) in [4.78, 5) is 21.4. The Morgan fingerprint density at radius 2 is 1.73 bits per heavy atom. The Hall–Kier alpha value is -3.32. The van der Waals surface area contributed by atoms with Crippen LogP contribution in [-0.4, -0.2) is 60.2 Å². The summed E-state index contributed by atoms with van der Waals surface area (Å²) in [6.07, 6.45) is 3.83. The van der Waals surface area contributed by atoms with E-state index in [1.54, 1.807) is 7.11 Å². The maximum absolute atomic E-state index is 12.4. The van der Waals surface area contributed by atoms with Crippen molar-refractivity contribution in [3.05, 3.63) is 66.5 Å². The van der Waals surface area contributed by atoms with Gasteiger partial charge in [-0.3, -0.25) is 14.3 Å². The van der Waals surface area contributed by atoms with Gasteiger partial charge in [-0.2, -0.15) is 0 Å². The minimum absolute atomic E-state index is 0.00484. The molecule has 1 aliphatic heterocycles. The summed E-state index contributed by atoms with van der Waals surface area (Å²) < 4.78 is 7.26. The molecule has 3 aromatic rings. The van der Waals surface area contributed by atoms with Gasteiger partial charge in [-0.1, -0.05) is 17.7 Å². The molecule has 7 heteroatoms. The molecule has 0 spiro atoms. The van der Waals surface area contributed by atoms with Gasteiger partial charge in [-0.05, 0) is 43.3 Å². The van der Waals surface area contributed by atoms with Crippen LogP contribution in [0.1, 0.15) is 5.56 Å². The minimum Gasteiger partial charge on any atom is -0.497 e. The number of rotatable bonds is 6. The lowest BCUT2D eigenvalue weighted by atomic mass is 10.2. The first kappa shape index (κ1) is 20.0. The van der Waals surface area contributed by atoms with Gasteiger partial charge in [0, 0.05) is 49.9 Å². The average Bonchev–Trinajstić information content (AvgIpc) is 3.25. The summed E-state index contributed by atoms with van der Waals surface area (Å²) in [5.74, 6) is 1.71. The molecule has 4 rings (SSSR count). The van der Waals surface area contributed by atoms with Gasteiger partial charge >= 0.3 is 0 Å². The van der Waals surface area contributed by atoms with Crippen LogP contribution in [0.2, 0.25) is 0 Å². The molecule has 2 aromatic carbocycles. The highest BCUT2D eigenvalue weighted by molar-refractivity contribution is 5.92. The van der Waals surface area contributed by atoms with Gasteiger partial charge in [0.25, 0.3) is 0 Å². The van der Waals surface area contributed by atoms with E-state index < -0.39 is 0 Å². The Balaban J connectivity index is 1.31. The first-order chi connectivity index (χ1) is 14.6. The number of nitrogens with zero attached hydrogens (tertiary/aromatic N) is 4. The third kappa shape index (κ3) is 4.63. The number of aryl methyl sites for hydroxylation is 1. The molecule has 30 heavy (non-hydrogen) atoms. The number of methoxy groups -OCH3 is 1. The zero-order valence-corrected chi connectivity index (χ0v) is 17.4. The Bertz CT molecular complexity index is 974. The summed E-state index contributed by atoms with van der Waals surface area (Å²) in [7, 11) is 1.63. The second-order valence-corrected chi connectivity index (χ2v) is 7.47. The van der Waals surface area contributed by atoms with E-state index in [9.17, 15) is 4.79 Å². The highest BCUT2D eigenvalue weighted by Crippen LogP contribution is 2.20. The number of carbonyl (C=O) groups excluding carboxylic acids is 1. The molecule has 1 fully saturated rings. The van der Waals surface area contributed by atoms with Gasteiger partial charge in [0.1, 0.15) is 5.75 Å². The third-order valence-electron chi connectivity index (χ3n) is 5.33. The van der Waals surface area contributed by atoms with Crippen LogP contribution < -0.4 is 15.0 Å². The second-order valence-electron chi connectivity index (χ2n) is 7.47. The summed E-state index contributed by atoms with van der Waals surface area (Å²) in [5.41, 5.74) is 3.12. The van der Waals surface area contributed by atoms with E-state index in [4.69, 9.17) is 4.74 Å². The fraction of sp³-hybridized carbons (Fsp3) is 0.304. The van der Waals surface area contributed by atoms with E-state index in [0.29, 0.717) is 6.54 Å². The van der Waals surface area contributed by atoms with Crippen molar-refractivity contribution in [1.82, 2.24) is 14.5 Å². The van der Waals surface area contributed by atoms with Crippen molar-refractivity contribution in [3.8, 4) is 11.4 Å². The molecule has 0 atom stereocenters. The standard InChI is InChI=1S/C23H27N5O2/c1-18-3-7-20(8-4-18)28-12-11-24-23(28)27-15-13-26(14-16-27)17-22(29)25-19-5-9-21(30-2)10-6-19/h3-12H,13-17H2,1-2H3,(H,25,29). The Labute approximate surface area is 176 Å². The quantitative estimate of drug-likeness (QED) is 0.683. The normalized spacial score (nSPS) is 14.5. The SMILES string of the molecule is COc1ccc(NC(=O)CN2CCN(c3nccn3-c3ccc(C)cc3)CC2)cc1. The zero-order valence-electron chi connectivity index (χ0n) is 17.4. The lowest BCUT2D eigenvalue weighted by Crippen LogP contribution is -2.49. The second kappa shape index (κ2) is 9.00. The van der Waals surface area contributed by atoms with Crippen molar-refractivity contribution in [3.63, 3.8) is 0 Å². The number of hydrogen-bond acceptors (Lipinski definition) is 5. The summed E-state index contributed by atoms with van der Waals surface area (Å²) in [5, 5.41) is 2.95. The molecule has 0 unspecified atom stereocenters. The predicted molar refractivity (Wildman–Crippen MR) is 119 cm³/mol. The topological polar surface area (TPSA) is 62.6 Å². The number of anilines is 2. The third-order valence-corrected chi connectivity index (χ3v) is 5.33. The fourth-order valence-electron chi connectivity index (χ4n) is 3.62. The molecule has 0 radical (unpaired) electrons. The zero-order chi connectivity index (χ0) is 20.9.